The largest absolute Gasteiger partial charge is 0.399 e. The van der Waals surface area contributed by atoms with E-state index in [0.29, 0.717) is 41.3 Å². The molecule has 0 aliphatic heterocycles. The Morgan fingerprint density at radius 1 is 0.571 bits per heavy atom. The average molecular weight is 568 g/mol. The van der Waals surface area contributed by atoms with Crippen LogP contribution in [-0.4, -0.2) is 61.2 Å². The lowest BCUT2D eigenvalue weighted by Gasteiger charge is -2.11. The van der Waals surface area contributed by atoms with E-state index in [2.05, 4.69) is 26.4 Å². The molecule has 0 radical (unpaired) electrons. The molecule has 10 nitrogen and oxygen atoms in total. The van der Waals surface area contributed by atoms with E-state index in [1.165, 1.54) is 7.11 Å². The first-order chi connectivity index (χ1) is 20.5. The van der Waals surface area contributed by atoms with Crippen molar-refractivity contribution in [2.75, 3.05) is 54.7 Å². The molecule has 10 heteroatoms. The second-order valence-electron chi connectivity index (χ2n) is 9.14. The third-order valence-corrected chi connectivity index (χ3v) is 6.19. The number of oxime groups is 1. The molecule has 0 fully saturated rings. The number of nitrogens with one attached hydrogen (secondary N) is 4. The maximum Gasteiger partial charge on any atom is 0.255 e. The number of hydrogen-bond donors (Lipinski definition) is 6. The fourth-order valence-corrected chi connectivity index (χ4v) is 4.07. The summed E-state index contributed by atoms with van der Waals surface area (Å²) in [5.74, 6) is -0.483. The Labute approximate surface area is 244 Å². The molecule has 2 amide bonds. The van der Waals surface area contributed by atoms with E-state index in [1.54, 1.807) is 72.8 Å². The van der Waals surface area contributed by atoms with Gasteiger partial charge >= 0.3 is 0 Å². The van der Waals surface area contributed by atoms with Gasteiger partial charge in [0.2, 0.25) is 0 Å². The predicted molar refractivity (Wildman–Crippen MR) is 165 cm³/mol. The van der Waals surface area contributed by atoms with Crippen LogP contribution in [0.25, 0.3) is 0 Å². The highest BCUT2D eigenvalue weighted by molar-refractivity contribution is 6.13. The molecule has 0 aliphatic rings. The number of carbonyl (C=O) groups is 2. The van der Waals surface area contributed by atoms with Gasteiger partial charge in [-0.05, 0) is 72.8 Å². The minimum absolute atomic E-state index is 0.0283. The van der Waals surface area contributed by atoms with Gasteiger partial charge in [-0.25, -0.2) is 0 Å². The molecule has 0 saturated heterocycles. The first-order valence-corrected chi connectivity index (χ1v) is 13.3. The van der Waals surface area contributed by atoms with E-state index in [0.717, 1.165) is 22.5 Å². The van der Waals surface area contributed by atoms with E-state index in [9.17, 15) is 9.59 Å². The molecular weight excluding hydrogens is 534 g/mol. The second-order valence-corrected chi connectivity index (χ2v) is 9.14. The van der Waals surface area contributed by atoms with Gasteiger partial charge in [0.1, 0.15) is 12.8 Å². The molecular formula is C32H33N5O5. The number of benzene rings is 4. The van der Waals surface area contributed by atoms with Crippen molar-refractivity contribution in [1.82, 2.24) is 0 Å². The molecule has 0 saturated carbocycles. The van der Waals surface area contributed by atoms with E-state index in [-0.39, 0.29) is 25.0 Å². The number of rotatable bonds is 13. The molecule has 0 atom stereocenters. The number of aliphatic hydroxyl groups excluding tert-OH is 2. The summed E-state index contributed by atoms with van der Waals surface area (Å²) >= 11 is 0. The van der Waals surface area contributed by atoms with Crippen molar-refractivity contribution in [3.8, 4) is 0 Å². The summed E-state index contributed by atoms with van der Waals surface area (Å²) in [4.78, 5) is 30.5. The average Bonchev–Trinajstić information content (AvgIpc) is 3.03. The fraction of sp³-hybridized carbons (Fsp3) is 0.156. The quantitative estimate of drug-likeness (QED) is 0.104. The topological polar surface area (TPSA) is 144 Å². The summed E-state index contributed by atoms with van der Waals surface area (Å²) in [7, 11) is 1.47. The molecule has 216 valence electrons. The van der Waals surface area contributed by atoms with Gasteiger partial charge in [-0.15, -0.1) is 0 Å². The summed E-state index contributed by atoms with van der Waals surface area (Å²) in [6.07, 6.45) is 0. The number of anilines is 4. The third kappa shape index (κ3) is 8.17. The van der Waals surface area contributed by atoms with Crippen LogP contribution in [0.2, 0.25) is 0 Å². The lowest BCUT2D eigenvalue weighted by Crippen LogP contribution is -2.13. The highest BCUT2D eigenvalue weighted by Gasteiger charge is 2.12. The van der Waals surface area contributed by atoms with Crippen molar-refractivity contribution in [2.24, 2.45) is 5.16 Å². The zero-order chi connectivity index (χ0) is 29.7. The van der Waals surface area contributed by atoms with Crippen molar-refractivity contribution >= 4 is 40.3 Å². The van der Waals surface area contributed by atoms with Crippen LogP contribution >= 0.6 is 0 Å². The first kappa shape index (κ1) is 29.8. The molecule has 6 N–H and O–H groups in total. The zero-order valence-corrected chi connectivity index (χ0v) is 23.1. The number of carbonyl (C=O) groups excluding carboxylic acids is 2. The highest BCUT2D eigenvalue weighted by Crippen LogP contribution is 2.19. The fourth-order valence-electron chi connectivity index (χ4n) is 4.07. The smallest absolute Gasteiger partial charge is 0.255 e. The normalized spacial score (nSPS) is 10.4. The van der Waals surface area contributed by atoms with Crippen LogP contribution in [-0.2, 0) is 4.84 Å². The Hall–Kier alpha value is -5.19. The van der Waals surface area contributed by atoms with Crippen LogP contribution < -0.4 is 21.3 Å². The van der Waals surface area contributed by atoms with Crippen LogP contribution in [0, 0.1) is 0 Å². The van der Waals surface area contributed by atoms with Crippen molar-refractivity contribution in [3.63, 3.8) is 0 Å². The van der Waals surface area contributed by atoms with Crippen molar-refractivity contribution in [3.05, 3.63) is 119 Å². The Balaban J connectivity index is 1.38. The van der Waals surface area contributed by atoms with Gasteiger partial charge in [-0.1, -0.05) is 29.4 Å². The monoisotopic (exact) mass is 567 g/mol. The number of amides is 2. The number of hydrogen-bond acceptors (Lipinski definition) is 8. The zero-order valence-electron chi connectivity index (χ0n) is 23.1. The molecule has 0 bridgehead atoms. The maximum atomic E-state index is 12.7. The molecule has 0 aromatic heterocycles. The van der Waals surface area contributed by atoms with E-state index in [1.807, 2.05) is 24.3 Å². The minimum Gasteiger partial charge on any atom is -0.399 e. The Kier molecular flexibility index (Phi) is 10.6. The second kappa shape index (κ2) is 15.0. The van der Waals surface area contributed by atoms with Crippen LogP contribution in [0.4, 0.5) is 22.7 Å². The van der Waals surface area contributed by atoms with Gasteiger partial charge in [0.15, 0.2) is 0 Å². The first-order valence-electron chi connectivity index (χ1n) is 13.3. The van der Waals surface area contributed by atoms with Crippen LogP contribution in [0.15, 0.2) is 102 Å². The molecule has 0 spiro atoms. The van der Waals surface area contributed by atoms with Gasteiger partial charge in [-0.3, -0.25) is 9.59 Å². The molecule has 4 rings (SSSR count). The Morgan fingerprint density at radius 2 is 0.905 bits per heavy atom. The van der Waals surface area contributed by atoms with Crippen molar-refractivity contribution in [2.45, 2.75) is 0 Å². The number of aliphatic hydroxyl groups is 2. The van der Waals surface area contributed by atoms with Gasteiger partial charge in [0, 0.05) is 58.1 Å². The van der Waals surface area contributed by atoms with Crippen LogP contribution in [0.3, 0.4) is 0 Å². The maximum absolute atomic E-state index is 12.7. The summed E-state index contributed by atoms with van der Waals surface area (Å²) < 4.78 is 0. The molecule has 42 heavy (non-hydrogen) atoms. The van der Waals surface area contributed by atoms with E-state index >= 15 is 0 Å². The third-order valence-electron chi connectivity index (χ3n) is 6.19. The van der Waals surface area contributed by atoms with E-state index < -0.39 is 0 Å². The van der Waals surface area contributed by atoms with Crippen molar-refractivity contribution < 1.29 is 24.6 Å². The minimum atomic E-state index is -0.241. The molecule has 0 unspecified atom stereocenters. The van der Waals surface area contributed by atoms with Crippen molar-refractivity contribution in [1.29, 1.82) is 0 Å². The van der Waals surface area contributed by atoms with Gasteiger partial charge in [0.25, 0.3) is 11.8 Å². The predicted octanol–water partition coefficient (Wildman–Crippen LogP) is 4.40. The Bertz CT molecular complexity index is 1380. The standard InChI is InChI=1S/C32H33N5O5/c1-42-37-30(22-2-14-28(15-3-22)35-31(40)24-6-10-26(11-7-24)33-18-20-38)23-4-16-29(17-5-23)36-32(41)25-8-12-27(13-9-25)34-19-21-39/h2-17,33-34,38-39H,18-21H2,1H3,(H,35,40)(H,36,41). The van der Waals surface area contributed by atoms with Gasteiger partial charge in [0.05, 0.1) is 13.2 Å². The lowest BCUT2D eigenvalue weighted by atomic mass is 10.0. The van der Waals surface area contributed by atoms with Crippen LogP contribution in [0.5, 0.6) is 0 Å². The summed E-state index contributed by atoms with van der Waals surface area (Å²) in [6.45, 7) is 0.933. The number of nitrogens with zero attached hydrogens (tertiary/aromatic N) is 1. The molecule has 0 aliphatic carbocycles. The molecule has 4 aromatic rings. The van der Waals surface area contributed by atoms with Gasteiger partial charge < -0.3 is 36.3 Å². The molecule has 0 heterocycles. The molecule has 4 aromatic carbocycles. The highest BCUT2D eigenvalue weighted by atomic mass is 16.6. The van der Waals surface area contributed by atoms with Gasteiger partial charge in [-0.2, -0.15) is 0 Å². The van der Waals surface area contributed by atoms with Crippen LogP contribution in [0.1, 0.15) is 31.8 Å². The summed E-state index contributed by atoms with van der Waals surface area (Å²) in [5.41, 5.74) is 6.06. The SMILES string of the molecule is CON=C(c1ccc(NC(=O)c2ccc(NCCO)cc2)cc1)c1ccc(NC(=O)c2ccc(NCCO)cc2)cc1. The summed E-state index contributed by atoms with van der Waals surface area (Å²) in [6, 6.07) is 28.5. The Morgan fingerprint density at radius 3 is 1.24 bits per heavy atom. The van der Waals surface area contributed by atoms with E-state index in [4.69, 9.17) is 15.1 Å². The summed E-state index contributed by atoms with van der Waals surface area (Å²) in [5, 5.41) is 33.9. The lowest BCUT2D eigenvalue weighted by molar-refractivity contribution is 0.101.